The van der Waals surface area contributed by atoms with Gasteiger partial charge in [-0.05, 0) is 49.1 Å². The van der Waals surface area contributed by atoms with Gasteiger partial charge in [-0.2, -0.15) is 5.10 Å². The van der Waals surface area contributed by atoms with Crippen molar-refractivity contribution >= 4 is 23.2 Å². The molecule has 0 unspecified atom stereocenters. The minimum Gasteiger partial charge on any atom is -0.481 e. The van der Waals surface area contributed by atoms with Crippen LogP contribution in [0, 0.1) is 6.92 Å². The van der Waals surface area contributed by atoms with Crippen LogP contribution < -0.4 is 20.9 Å². The number of carbonyl (C=O) groups is 1. The Balaban J connectivity index is 1.41. The van der Waals surface area contributed by atoms with Crippen LogP contribution in [0.2, 0.25) is 5.02 Å². The number of hydrogen-bond acceptors (Lipinski definition) is 7. The van der Waals surface area contributed by atoms with Gasteiger partial charge in [-0.3, -0.25) is 9.59 Å². The maximum absolute atomic E-state index is 12.9. The highest BCUT2D eigenvalue weighted by Gasteiger charge is 2.23. The number of aliphatic hydroxyl groups excluding tert-OH is 1. The number of carbonyl (C=O) groups excluding carboxylic acids is 1. The molecule has 1 saturated carbocycles. The van der Waals surface area contributed by atoms with E-state index >= 15 is 0 Å². The second-order valence-corrected chi connectivity index (χ2v) is 10.9. The summed E-state index contributed by atoms with van der Waals surface area (Å²) >= 11 is 7.00. The minimum atomic E-state index is -0.512. The SMILES string of the molecule is COc1nc(-c2cccc(-c3cccc(NC(=O)c4ccnn(C)c4=O)c3C)c2Cl)ccc1CN[C@@H]1CCCC[C@H]1O. The van der Waals surface area contributed by atoms with Crippen LogP contribution in [0.15, 0.2) is 65.6 Å². The first-order valence-corrected chi connectivity index (χ1v) is 14.3. The van der Waals surface area contributed by atoms with Crippen molar-refractivity contribution in [2.75, 3.05) is 12.4 Å². The molecule has 9 nitrogen and oxygen atoms in total. The quantitative estimate of drug-likeness (QED) is 0.262. The maximum Gasteiger partial charge on any atom is 0.279 e. The second kappa shape index (κ2) is 12.9. The normalized spacial score (nSPS) is 16.7. The Bertz CT molecular complexity index is 1670. The van der Waals surface area contributed by atoms with Crippen molar-refractivity contribution in [2.24, 2.45) is 7.05 Å². The lowest BCUT2D eigenvalue weighted by molar-refractivity contribution is 0.0901. The number of aromatic nitrogens is 3. The molecule has 0 radical (unpaired) electrons. The average molecular weight is 588 g/mol. The summed E-state index contributed by atoms with van der Waals surface area (Å²) < 4.78 is 6.75. The molecule has 1 aliphatic rings. The molecule has 0 aliphatic heterocycles. The van der Waals surface area contributed by atoms with E-state index in [1.54, 1.807) is 13.2 Å². The van der Waals surface area contributed by atoms with Gasteiger partial charge in [0.1, 0.15) is 5.56 Å². The Morgan fingerprint density at radius 3 is 2.60 bits per heavy atom. The van der Waals surface area contributed by atoms with Gasteiger partial charge >= 0.3 is 0 Å². The van der Waals surface area contributed by atoms with E-state index < -0.39 is 11.5 Å². The van der Waals surface area contributed by atoms with Gasteiger partial charge in [0.15, 0.2) is 0 Å². The van der Waals surface area contributed by atoms with Gasteiger partial charge in [0.2, 0.25) is 5.88 Å². The van der Waals surface area contributed by atoms with Crippen molar-refractivity contribution in [1.29, 1.82) is 0 Å². The molecule has 0 bridgehead atoms. The molecule has 1 amide bonds. The molecule has 1 fully saturated rings. The first-order valence-electron chi connectivity index (χ1n) is 14.0. The second-order valence-electron chi connectivity index (χ2n) is 10.5. The highest BCUT2D eigenvalue weighted by molar-refractivity contribution is 6.36. The van der Waals surface area contributed by atoms with Gasteiger partial charge in [0, 0.05) is 48.2 Å². The number of amides is 1. The lowest BCUT2D eigenvalue weighted by Crippen LogP contribution is -2.41. The Morgan fingerprint density at radius 1 is 1.07 bits per heavy atom. The van der Waals surface area contributed by atoms with E-state index in [-0.39, 0.29) is 17.7 Å². The van der Waals surface area contributed by atoms with E-state index in [1.807, 2.05) is 49.4 Å². The van der Waals surface area contributed by atoms with Crippen LogP contribution >= 0.6 is 11.6 Å². The summed E-state index contributed by atoms with van der Waals surface area (Å²) in [5, 5.41) is 21.0. The highest BCUT2D eigenvalue weighted by Crippen LogP contribution is 2.39. The average Bonchev–Trinajstić information content (AvgIpc) is 2.99. The number of pyridine rings is 1. The molecular weight excluding hydrogens is 554 g/mol. The van der Waals surface area contributed by atoms with Crippen LogP contribution in [0.25, 0.3) is 22.4 Å². The third-order valence-corrected chi connectivity index (χ3v) is 8.22. The summed E-state index contributed by atoms with van der Waals surface area (Å²) in [4.78, 5) is 30.1. The first kappa shape index (κ1) is 29.4. The molecule has 3 N–H and O–H groups in total. The molecule has 2 atom stereocenters. The van der Waals surface area contributed by atoms with Crippen molar-refractivity contribution in [3.05, 3.63) is 92.9 Å². The molecule has 218 valence electrons. The molecule has 4 aromatic rings. The monoisotopic (exact) mass is 587 g/mol. The molecule has 0 spiro atoms. The molecule has 0 saturated heterocycles. The Morgan fingerprint density at radius 2 is 1.81 bits per heavy atom. The van der Waals surface area contributed by atoms with Crippen molar-refractivity contribution in [2.45, 2.75) is 51.3 Å². The predicted molar refractivity (Wildman–Crippen MR) is 164 cm³/mol. The summed E-state index contributed by atoms with van der Waals surface area (Å²) in [5.41, 5.74) is 4.81. The lowest BCUT2D eigenvalue weighted by Gasteiger charge is -2.28. The summed E-state index contributed by atoms with van der Waals surface area (Å²) in [6, 6.07) is 16.6. The summed E-state index contributed by atoms with van der Waals surface area (Å²) in [7, 11) is 3.09. The zero-order valence-electron chi connectivity index (χ0n) is 23.9. The van der Waals surface area contributed by atoms with Gasteiger partial charge in [-0.25, -0.2) is 9.67 Å². The number of rotatable bonds is 8. The molecule has 10 heteroatoms. The third kappa shape index (κ3) is 6.09. The van der Waals surface area contributed by atoms with Crippen molar-refractivity contribution in [1.82, 2.24) is 20.1 Å². The molecule has 42 heavy (non-hydrogen) atoms. The highest BCUT2D eigenvalue weighted by atomic mass is 35.5. The van der Waals surface area contributed by atoms with Gasteiger partial charge in [-0.15, -0.1) is 0 Å². The number of aliphatic hydroxyl groups is 1. The van der Waals surface area contributed by atoms with Gasteiger partial charge in [0.25, 0.3) is 11.5 Å². The standard InChI is InChI=1S/C32H34ClN5O4/c1-19-21(8-7-12-25(19)36-30(40)24-16-17-35-38(2)32(24)41)22-9-6-10-23(29(22)33)26-15-14-20(31(37-26)42-3)18-34-27-11-4-5-13-28(27)39/h6-10,12,14-17,27-28,34,39H,4-5,11,13,18H2,1-3H3,(H,36,40)/t27-,28-/m1/s1. The zero-order valence-corrected chi connectivity index (χ0v) is 24.6. The number of anilines is 1. The number of nitrogens with zero attached hydrogens (tertiary/aromatic N) is 3. The van der Waals surface area contributed by atoms with Gasteiger partial charge in [-0.1, -0.05) is 60.8 Å². The van der Waals surface area contributed by atoms with Crippen molar-refractivity contribution < 1.29 is 14.6 Å². The van der Waals surface area contributed by atoms with Crippen LogP contribution in [0.5, 0.6) is 5.88 Å². The minimum absolute atomic E-state index is 0.00548. The molecular formula is C32H34ClN5O4. The van der Waals surface area contributed by atoms with Crippen LogP contribution in [0.1, 0.15) is 47.2 Å². The van der Waals surface area contributed by atoms with E-state index in [1.165, 1.54) is 19.3 Å². The Kier molecular flexibility index (Phi) is 9.01. The number of nitrogens with one attached hydrogen (secondary N) is 2. The Hall–Kier alpha value is -4.05. The molecule has 2 aromatic carbocycles. The molecule has 2 aromatic heterocycles. The summed E-state index contributed by atoms with van der Waals surface area (Å²) in [6.45, 7) is 2.43. The first-order chi connectivity index (χ1) is 20.3. The number of ether oxygens (including phenoxy) is 1. The fourth-order valence-corrected chi connectivity index (χ4v) is 5.71. The zero-order chi connectivity index (χ0) is 29.8. The largest absolute Gasteiger partial charge is 0.481 e. The number of aryl methyl sites for hydroxylation is 1. The van der Waals surface area contributed by atoms with E-state index in [4.69, 9.17) is 21.3 Å². The van der Waals surface area contributed by atoms with E-state index in [2.05, 4.69) is 15.7 Å². The third-order valence-electron chi connectivity index (χ3n) is 7.81. The van der Waals surface area contributed by atoms with Crippen LogP contribution in [-0.4, -0.2) is 45.0 Å². The van der Waals surface area contributed by atoms with Crippen LogP contribution in [0.4, 0.5) is 5.69 Å². The maximum atomic E-state index is 12.9. The van der Waals surface area contributed by atoms with Crippen molar-refractivity contribution in [3.63, 3.8) is 0 Å². The van der Waals surface area contributed by atoms with Crippen LogP contribution in [0.3, 0.4) is 0 Å². The predicted octanol–water partition coefficient (Wildman–Crippen LogP) is 5.13. The fraction of sp³-hybridized carbons (Fsp3) is 0.312. The van der Waals surface area contributed by atoms with Crippen LogP contribution in [-0.2, 0) is 13.6 Å². The molecule has 2 heterocycles. The fourth-order valence-electron chi connectivity index (χ4n) is 5.39. The smallest absolute Gasteiger partial charge is 0.279 e. The van der Waals surface area contributed by atoms with E-state index in [0.717, 1.165) is 58.2 Å². The number of hydrogen-bond donors (Lipinski definition) is 3. The van der Waals surface area contributed by atoms with E-state index in [9.17, 15) is 14.7 Å². The number of halogens is 1. The van der Waals surface area contributed by atoms with Gasteiger partial charge < -0.3 is 20.5 Å². The molecule has 1 aliphatic carbocycles. The van der Waals surface area contributed by atoms with Crippen molar-refractivity contribution in [3.8, 4) is 28.3 Å². The van der Waals surface area contributed by atoms with E-state index in [0.29, 0.717) is 28.8 Å². The summed E-state index contributed by atoms with van der Waals surface area (Å²) in [6.07, 6.45) is 5.01. The number of benzene rings is 2. The lowest BCUT2D eigenvalue weighted by atomic mass is 9.92. The molecule has 5 rings (SSSR count). The Labute approximate surface area is 249 Å². The number of methoxy groups -OCH3 is 1. The summed E-state index contributed by atoms with van der Waals surface area (Å²) in [5.74, 6) is -0.0168. The topological polar surface area (TPSA) is 118 Å². The van der Waals surface area contributed by atoms with Gasteiger partial charge in [0.05, 0.1) is 23.9 Å².